The fourth-order valence-electron chi connectivity index (χ4n) is 3.84. The molecule has 1 aliphatic carbocycles. The highest BCUT2D eigenvalue weighted by molar-refractivity contribution is 5.77. The van der Waals surface area contributed by atoms with Gasteiger partial charge in [0.2, 0.25) is 0 Å². The largest absolute Gasteiger partial charge is 0.416 e. The van der Waals surface area contributed by atoms with Gasteiger partial charge in [0.1, 0.15) is 6.67 Å². The van der Waals surface area contributed by atoms with Gasteiger partial charge in [-0.05, 0) is 63.9 Å². The average Bonchev–Trinajstić information content (AvgIpc) is 3.13. The van der Waals surface area contributed by atoms with Gasteiger partial charge in [0, 0.05) is 30.7 Å². The summed E-state index contributed by atoms with van der Waals surface area (Å²) in [6, 6.07) is 5.07. The van der Waals surface area contributed by atoms with Crippen molar-refractivity contribution >= 4 is 11.7 Å². The number of carbonyl (C=O) groups is 1. The van der Waals surface area contributed by atoms with Crippen molar-refractivity contribution < 1.29 is 18.0 Å². The highest BCUT2D eigenvalue weighted by Crippen LogP contribution is 2.32. The first kappa shape index (κ1) is 20.5. The van der Waals surface area contributed by atoms with Crippen molar-refractivity contribution in [1.29, 1.82) is 0 Å². The van der Waals surface area contributed by atoms with E-state index in [-0.39, 0.29) is 18.7 Å². The number of benzene rings is 1. The molecule has 8 heteroatoms. The molecule has 1 heterocycles. The van der Waals surface area contributed by atoms with E-state index in [0.717, 1.165) is 44.4 Å². The fraction of sp³-hybridized carbons (Fsp3) is 0.550. The molecule has 1 aromatic rings. The Labute approximate surface area is 163 Å². The molecule has 5 nitrogen and oxygen atoms in total. The van der Waals surface area contributed by atoms with E-state index in [9.17, 15) is 18.0 Å². The van der Waals surface area contributed by atoms with Crippen LogP contribution in [0, 0.1) is 5.92 Å². The zero-order valence-electron chi connectivity index (χ0n) is 16.2. The third-order valence-electron chi connectivity index (χ3n) is 5.29. The smallest absolute Gasteiger partial charge is 0.335 e. The Hall–Kier alpha value is -2.22. The molecule has 3 rings (SSSR count). The summed E-state index contributed by atoms with van der Waals surface area (Å²) in [6.07, 6.45) is 2.95. The third kappa shape index (κ3) is 5.19. The number of nitrogens with zero attached hydrogens (tertiary/aromatic N) is 3. The monoisotopic (exact) mass is 396 g/mol. The molecular weight excluding hydrogens is 369 g/mol. The van der Waals surface area contributed by atoms with Crippen molar-refractivity contribution in [2.45, 2.75) is 37.9 Å². The second-order valence-electron chi connectivity index (χ2n) is 7.86. The fourth-order valence-corrected chi connectivity index (χ4v) is 3.84. The first-order valence-corrected chi connectivity index (χ1v) is 9.56. The number of hydrogen-bond acceptors (Lipinski definition) is 3. The lowest BCUT2D eigenvalue weighted by molar-refractivity contribution is -0.137. The topological polar surface area (TPSA) is 38.8 Å². The van der Waals surface area contributed by atoms with Gasteiger partial charge in [-0.25, -0.2) is 4.79 Å². The number of halogens is 3. The van der Waals surface area contributed by atoms with Gasteiger partial charge in [0.25, 0.3) is 0 Å². The lowest BCUT2D eigenvalue weighted by Gasteiger charge is -2.31. The summed E-state index contributed by atoms with van der Waals surface area (Å²) in [5, 5.41) is 3.06. The molecular formula is C20H27F3N4O. The standard InChI is InChI=1S/C20H27F3N4O/c1-25(2)13-15-6-8-17(9-7-15)24-19(28)27-11-10-26(14-27)18-5-3-4-16(12-18)20(21,22)23/h3-5,10-12,15,17H,6-9,13-14H2,1-2H3,(H,24,28). The van der Waals surface area contributed by atoms with Crippen LogP contribution in [0.5, 0.6) is 0 Å². The maximum atomic E-state index is 12.9. The van der Waals surface area contributed by atoms with Gasteiger partial charge < -0.3 is 15.1 Å². The summed E-state index contributed by atoms with van der Waals surface area (Å²) < 4.78 is 38.7. The number of rotatable bonds is 4. The third-order valence-corrected chi connectivity index (χ3v) is 5.29. The summed E-state index contributed by atoms with van der Waals surface area (Å²) in [6.45, 7) is 1.27. The Balaban J connectivity index is 1.51. The minimum atomic E-state index is -4.39. The van der Waals surface area contributed by atoms with Crippen LogP contribution in [0.25, 0.3) is 0 Å². The highest BCUT2D eigenvalue weighted by Gasteiger charge is 2.31. The van der Waals surface area contributed by atoms with Crippen molar-refractivity contribution in [2.24, 2.45) is 5.92 Å². The number of alkyl halides is 3. The normalized spacial score (nSPS) is 22.8. The van der Waals surface area contributed by atoms with Gasteiger partial charge in [-0.15, -0.1) is 0 Å². The van der Waals surface area contributed by atoms with Crippen LogP contribution in [0.15, 0.2) is 36.7 Å². The maximum absolute atomic E-state index is 12.9. The van der Waals surface area contributed by atoms with E-state index in [1.807, 2.05) is 0 Å². The average molecular weight is 396 g/mol. The molecule has 28 heavy (non-hydrogen) atoms. The van der Waals surface area contributed by atoms with Crippen LogP contribution >= 0.6 is 0 Å². The van der Waals surface area contributed by atoms with Crippen LogP contribution in [0.2, 0.25) is 0 Å². The number of amides is 2. The van der Waals surface area contributed by atoms with Crippen LogP contribution in [-0.4, -0.2) is 49.2 Å². The van der Waals surface area contributed by atoms with Crippen molar-refractivity contribution in [2.75, 3.05) is 32.2 Å². The summed E-state index contributed by atoms with van der Waals surface area (Å²) in [4.78, 5) is 17.8. The number of carbonyl (C=O) groups excluding carboxylic acids is 1. The number of urea groups is 1. The van der Waals surface area contributed by atoms with Crippen molar-refractivity contribution in [3.8, 4) is 0 Å². The molecule has 0 bridgehead atoms. The Morgan fingerprint density at radius 1 is 1.18 bits per heavy atom. The molecule has 0 saturated heterocycles. The molecule has 0 aromatic heterocycles. The summed E-state index contributed by atoms with van der Waals surface area (Å²) >= 11 is 0. The van der Waals surface area contributed by atoms with Crippen LogP contribution in [-0.2, 0) is 6.18 Å². The SMILES string of the molecule is CN(C)CC1CCC(NC(=O)N2C=CN(c3cccc(C(F)(F)F)c3)C2)CC1. The van der Waals surface area contributed by atoms with Crippen LogP contribution in [0.1, 0.15) is 31.2 Å². The minimum Gasteiger partial charge on any atom is -0.335 e. The molecule has 0 radical (unpaired) electrons. The van der Waals surface area contributed by atoms with E-state index < -0.39 is 11.7 Å². The molecule has 154 valence electrons. The second kappa shape index (κ2) is 8.43. The first-order valence-electron chi connectivity index (χ1n) is 9.56. The lowest BCUT2D eigenvalue weighted by atomic mass is 9.86. The molecule has 0 unspecified atom stereocenters. The highest BCUT2D eigenvalue weighted by atomic mass is 19.4. The zero-order valence-corrected chi connectivity index (χ0v) is 16.2. The molecule has 1 fully saturated rings. The number of anilines is 1. The molecule has 1 aliphatic heterocycles. The number of hydrogen-bond donors (Lipinski definition) is 1. The summed E-state index contributed by atoms with van der Waals surface area (Å²) in [5.41, 5.74) is -0.290. The Kier molecular flexibility index (Phi) is 6.17. The van der Waals surface area contributed by atoms with Gasteiger partial charge in [-0.1, -0.05) is 6.07 Å². The molecule has 2 aliphatic rings. The van der Waals surface area contributed by atoms with Crippen LogP contribution in [0.4, 0.5) is 23.7 Å². The van der Waals surface area contributed by atoms with Gasteiger partial charge in [-0.3, -0.25) is 4.90 Å². The lowest BCUT2D eigenvalue weighted by Crippen LogP contribution is -2.45. The van der Waals surface area contributed by atoms with E-state index in [4.69, 9.17) is 0 Å². The Morgan fingerprint density at radius 3 is 2.54 bits per heavy atom. The molecule has 1 saturated carbocycles. The molecule has 1 aromatic carbocycles. The van der Waals surface area contributed by atoms with Crippen LogP contribution < -0.4 is 10.2 Å². The number of nitrogens with one attached hydrogen (secondary N) is 1. The van der Waals surface area contributed by atoms with Crippen molar-refractivity contribution in [3.63, 3.8) is 0 Å². The van der Waals surface area contributed by atoms with E-state index in [1.165, 1.54) is 11.0 Å². The molecule has 0 spiro atoms. The Morgan fingerprint density at radius 2 is 1.89 bits per heavy atom. The quantitative estimate of drug-likeness (QED) is 0.833. The van der Waals surface area contributed by atoms with Gasteiger partial charge in [0.15, 0.2) is 0 Å². The summed E-state index contributed by atoms with van der Waals surface area (Å²) in [5.74, 6) is 0.672. The van der Waals surface area contributed by atoms with Gasteiger partial charge >= 0.3 is 12.2 Å². The summed E-state index contributed by atoms with van der Waals surface area (Å²) in [7, 11) is 4.15. The molecule has 2 amide bonds. The molecule has 1 N–H and O–H groups in total. The maximum Gasteiger partial charge on any atom is 0.416 e. The van der Waals surface area contributed by atoms with E-state index in [1.54, 1.807) is 23.4 Å². The van der Waals surface area contributed by atoms with Gasteiger partial charge in [-0.2, -0.15) is 13.2 Å². The predicted octanol–water partition coefficient (Wildman–Crippen LogP) is 4.09. The van der Waals surface area contributed by atoms with Crippen LogP contribution in [0.3, 0.4) is 0 Å². The molecule has 0 atom stereocenters. The zero-order chi connectivity index (χ0) is 20.3. The second-order valence-corrected chi connectivity index (χ2v) is 7.86. The Bertz CT molecular complexity index is 712. The minimum absolute atomic E-state index is 0.155. The van der Waals surface area contributed by atoms with E-state index in [2.05, 4.69) is 24.3 Å². The first-order chi connectivity index (χ1) is 13.2. The van der Waals surface area contributed by atoms with Crippen molar-refractivity contribution in [1.82, 2.24) is 15.1 Å². The van der Waals surface area contributed by atoms with Gasteiger partial charge in [0.05, 0.1) is 5.56 Å². The predicted molar refractivity (Wildman–Crippen MR) is 103 cm³/mol. The van der Waals surface area contributed by atoms with E-state index >= 15 is 0 Å². The van der Waals surface area contributed by atoms with Crippen molar-refractivity contribution in [3.05, 3.63) is 42.2 Å². The van der Waals surface area contributed by atoms with E-state index in [0.29, 0.717) is 11.6 Å².